The molecule has 0 bridgehead atoms. The summed E-state index contributed by atoms with van der Waals surface area (Å²) in [5.41, 5.74) is 3.34. The lowest BCUT2D eigenvalue weighted by molar-refractivity contribution is 0.729. The number of nitrogens with one attached hydrogen (secondary N) is 2. The van der Waals surface area contributed by atoms with E-state index in [-0.39, 0.29) is 6.17 Å². The second-order valence-electron chi connectivity index (χ2n) is 4.01. The van der Waals surface area contributed by atoms with Crippen LogP contribution in [-0.2, 0) is 0 Å². The molecule has 1 heterocycles. The summed E-state index contributed by atoms with van der Waals surface area (Å²) in [5, 5.41) is 6.75. The Hall–Kier alpha value is -1.87. The third-order valence-corrected chi connectivity index (χ3v) is 3.22. The van der Waals surface area contributed by atoms with Crippen molar-refractivity contribution >= 4 is 22.9 Å². The number of rotatable bonds is 1. The maximum absolute atomic E-state index is 5.39. The fourth-order valence-electron chi connectivity index (χ4n) is 2.02. The Morgan fingerprint density at radius 3 is 2.35 bits per heavy atom. The molecular weight excluding hydrogens is 228 g/mol. The fraction of sp³-hybridized carbons (Fsp3) is 0.0714. The molecule has 3 rings (SSSR count). The highest BCUT2D eigenvalue weighted by Crippen LogP contribution is 2.26. The summed E-state index contributed by atoms with van der Waals surface area (Å²) in [5.74, 6) is 0. The van der Waals surface area contributed by atoms with Gasteiger partial charge in [-0.25, -0.2) is 0 Å². The monoisotopic (exact) mass is 240 g/mol. The first-order chi connectivity index (χ1) is 8.34. The number of fused-ring (bicyclic) bond motifs is 1. The zero-order valence-corrected chi connectivity index (χ0v) is 10.00. The summed E-state index contributed by atoms with van der Waals surface area (Å²) in [7, 11) is 0. The van der Waals surface area contributed by atoms with Crippen LogP contribution in [0.4, 0.5) is 5.69 Å². The minimum Gasteiger partial charge on any atom is -0.361 e. The van der Waals surface area contributed by atoms with Crippen molar-refractivity contribution in [1.29, 1.82) is 0 Å². The predicted molar refractivity (Wildman–Crippen MR) is 74.1 cm³/mol. The zero-order valence-electron chi connectivity index (χ0n) is 9.18. The predicted octanol–water partition coefficient (Wildman–Crippen LogP) is 3.08. The van der Waals surface area contributed by atoms with Gasteiger partial charge >= 0.3 is 0 Å². The summed E-state index contributed by atoms with van der Waals surface area (Å²) in [6.45, 7) is 0. The van der Waals surface area contributed by atoms with Crippen LogP contribution >= 0.6 is 12.2 Å². The molecule has 0 aromatic heterocycles. The van der Waals surface area contributed by atoms with E-state index < -0.39 is 0 Å². The molecule has 0 amide bonds. The van der Waals surface area contributed by atoms with Gasteiger partial charge in [-0.2, -0.15) is 0 Å². The lowest BCUT2D eigenvalue weighted by Crippen LogP contribution is -2.37. The van der Waals surface area contributed by atoms with E-state index in [1.165, 1.54) is 5.56 Å². The molecular formula is C14H12N2S. The van der Waals surface area contributed by atoms with E-state index >= 15 is 0 Å². The van der Waals surface area contributed by atoms with Crippen LogP contribution in [0.15, 0.2) is 54.6 Å². The lowest BCUT2D eigenvalue weighted by Gasteiger charge is -2.29. The van der Waals surface area contributed by atoms with Crippen LogP contribution in [-0.4, -0.2) is 4.99 Å². The van der Waals surface area contributed by atoms with Crippen LogP contribution in [0.2, 0.25) is 0 Å². The van der Waals surface area contributed by atoms with Crippen molar-refractivity contribution in [2.45, 2.75) is 6.17 Å². The molecule has 0 spiro atoms. The average molecular weight is 240 g/mol. The van der Waals surface area contributed by atoms with E-state index in [0.717, 1.165) is 16.2 Å². The van der Waals surface area contributed by atoms with Crippen LogP contribution in [0.25, 0.3) is 0 Å². The van der Waals surface area contributed by atoms with Crippen molar-refractivity contribution in [2.75, 3.05) is 5.32 Å². The van der Waals surface area contributed by atoms with Crippen molar-refractivity contribution in [2.24, 2.45) is 0 Å². The lowest BCUT2D eigenvalue weighted by atomic mass is 10.1. The normalized spacial score (nSPS) is 17.9. The summed E-state index contributed by atoms with van der Waals surface area (Å²) in [4.78, 5) is 0.799. The van der Waals surface area contributed by atoms with Gasteiger partial charge in [0, 0.05) is 11.3 Å². The third kappa shape index (κ3) is 1.89. The van der Waals surface area contributed by atoms with Crippen molar-refractivity contribution in [3.63, 3.8) is 0 Å². The molecule has 0 fully saturated rings. The first kappa shape index (κ1) is 10.3. The number of para-hydroxylation sites is 1. The first-order valence-corrected chi connectivity index (χ1v) is 5.97. The standard InChI is InChI=1S/C14H12N2S/c17-14-11-8-4-5-9-12(11)15-13(16-14)10-6-2-1-3-7-10/h1-9,13,15H,(H,16,17)/t13-/m1/s1. The van der Waals surface area contributed by atoms with Gasteiger partial charge in [0.15, 0.2) is 0 Å². The first-order valence-electron chi connectivity index (χ1n) is 5.56. The third-order valence-electron chi connectivity index (χ3n) is 2.88. The number of hydrogen-bond acceptors (Lipinski definition) is 2. The SMILES string of the molecule is S=C1N[C@H](c2ccccc2)Nc2ccccc21. The maximum Gasteiger partial charge on any atom is 0.124 e. The van der Waals surface area contributed by atoms with Gasteiger partial charge in [0.2, 0.25) is 0 Å². The van der Waals surface area contributed by atoms with Gasteiger partial charge in [0.1, 0.15) is 11.2 Å². The van der Waals surface area contributed by atoms with Gasteiger partial charge in [0.25, 0.3) is 0 Å². The molecule has 84 valence electrons. The highest BCUT2D eigenvalue weighted by Gasteiger charge is 2.20. The van der Waals surface area contributed by atoms with Crippen molar-refractivity contribution < 1.29 is 0 Å². The molecule has 1 aliphatic rings. The molecule has 2 N–H and O–H groups in total. The van der Waals surface area contributed by atoms with E-state index in [9.17, 15) is 0 Å². The largest absolute Gasteiger partial charge is 0.361 e. The molecule has 1 aliphatic heterocycles. The molecule has 2 aromatic rings. The van der Waals surface area contributed by atoms with Crippen LogP contribution < -0.4 is 10.6 Å². The van der Waals surface area contributed by atoms with Gasteiger partial charge in [-0.15, -0.1) is 0 Å². The second-order valence-corrected chi connectivity index (χ2v) is 4.42. The zero-order chi connectivity index (χ0) is 11.7. The van der Waals surface area contributed by atoms with Gasteiger partial charge < -0.3 is 10.6 Å². The molecule has 2 nitrogen and oxygen atoms in total. The summed E-state index contributed by atoms with van der Waals surface area (Å²) < 4.78 is 0. The van der Waals surface area contributed by atoms with E-state index in [2.05, 4.69) is 28.8 Å². The van der Waals surface area contributed by atoms with Gasteiger partial charge in [-0.3, -0.25) is 0 Å². The highest BCUT2D eigenvalue weighted by atomic mass is 32.1. The highest BCUT2D eigenvalue weighted by molar-refractivity contribution is 7.80. The summed E-state index contributed by atoms with van der Waals surface area (Å²) in [6, 6.07) is 18.3. The molecule has 2 aromatic carbocycles. The molecule has 1 atom stereocenters. The van der Waals surface area contributed by atoms with Gasteiger partial charge in [-0.1, -0.05) is 54.7 Å². The molecule has 0 aliphatic carbocycles. The molecule has 0 saturated heterocycles. The van der Waals surface area contributed by atoms with Gasteiger partial charge in [-0.05, 0) is 17.7 Å². The summed E-state index contributed by atoms with van der Waals surface area (Å²) in [6.07, 6.45) is 0.0543. The average Bonchev–Trinajstić information content (AvgIpc) is 2.40. The fourth-order valence-corrected chi connectivity index (χ4v) is 2.32. The Labute approximate surface area is 106 Å². The Balaban J connectivity index is 1.97. The van der Waals surface area contributed by atoms with Crippen LogP contribution in [0.5, 0.6) is 0 Å². The van der Waals surface area contributed by atoms with Crippen LogP contribution in [0.1, 0.15) is 17.3 Å². The van der Waals surface area contributed by atoms with E-state index in [1.807, 2.05) is 36.4 Å². The topological polar surface area (TPSA) is 24.1 Å². The molecule has 0 radical (unpaired) electrons. The van der Waals surface area contributed by atoms with Gasteiger partial charge in [0.05, 0.1) is 0 Å². The van der Waals surface area contributed by atoms with Crippen molar-refractivity contribution in [3.05, 3.63) is 65.7 Å². The number of hydrogen-bond donors (Lipinski definition) is 2. The second kappa shape index (κ2) is 4.18. The minimum absolute atomic E-state index is 0.0543. The van der Waals surface area contributed by atoms with E-state index in [4.69, 9.17) is 12.2 Å². The molecule has 0 unspecified atom stereocenters. The van der Waals surface area contributed by atoms with Crippen LogP contribution in [0, 0.1) is 0 Å². The Morgan fingerprint density at radius 2 is 1.53 bits per heavy atom. The summed E-state index contributed by atoms with van der Waals surface area (Å²) >= 11 is 5.39. The van der Waals surface area contributed by atoms with E-state index in [1.54, 1.807) is 0 Å². The molecule has 3 heteroatoms. The number of anilines is 1. The number of thiocarbonyl (C=S) groups is 1. The van der Waals surface area contributed by atoms with E-state index in [0.29, 0.717) is 0 Å². The molecule has 17 heavy (non-hydrogen) atoms. The Kier molecular flexibility index (Phi) is 2.53. The quantitative estimate of drug-likeness (QED) is 0.749. The van der Waals surface area contributed by atoms with Crippen molar-refractivity contribution in [3.8, 4) is 0 Å². The molecule has 0 saturated carbocycles. The Bertz CT molecular complexity index is 551. The smallest absolute Gasteiger partial charge is 0.124 e. The Morgan fingerprint density at radius 1 is 0.824 bits per heavy atom. The number of benzene rings is 2. The van der Waals surface area contributed by atoms with Crippen LogP contribution in [0.3, 0.4) is 0 Å². The minimum atomic E-state index is 0.0543. The maximum atomic E-state index is 5.39. The van der Waals surface area contributed by atoms with Crippen molar-refractivity contribution in [1.82, 2.24) is 5.32 Å².